The minimum absolute atomic E-state index is 0.136. The van der Waals surface area contributed by atoms with Crippen LogP contribution in [0.2, 0.25) is 0 Å². The second-order valence-electron chi connectivity index (χ2n) is 4.65. The molecule has 0 fully saturated rings. The Labute approximate surface area is 118 Å². The van der Waals surface area contributed by atoms with Crippen LogP contribution in [0.3, 0.4) is 0 Å². The van der Waals surface area contributed by atoms with Gasteiger partial charge >= 0.3 is 0 Å². The molecule has 0 radical (unpaired) electrons. The number of benzene rings is 1. The second-order valence-corrected chi connectivity index (χ2v) is 6.42. The van der Waals surface area contributed by atoms with Crippen LogP contribution >= 0.6 is 0 Å². The number of anilines is 1. The molecule has 2 N–H and O–H groups in total. The van der Waals surface area contributed by atoms with Crippen molar-refractivity contribution in [2.45, 2.75) is 25.2 Å². The van der Waals surface area contributed by atoms with Crippen LogP contribution in [0.15, 0.2) is 29.2 Å². The van der Waals surface area contributed by atoms with Crippen LogP contribution in [0.25, 0.3) is 0 Å². The van der Waals surface area contributed by atoms with Gasteiger partial charge in [0.1, 0.15) is 6.42 Å². The highest BCUT2D eigenvalue weighted by Crippen LogP contribution is 2.14. The average molecular weight is 295 g/mol. The summed E-state index contributed by atoms with van der Waals surface area (Å²) >= 11 is 0. The van der Waals surface area contributed by atoms with Gasteiger partial charge < -0.3 is 5.32 Å². The quantitative estimate of drug-likeness (QED) is 0.830. The zero-order chi connectivity index (χ0) is 15.2. The predicted molar refractivity (Wildman–Crippen MR) is 75.3 cm³/mol. The second kappa shape index (κ2) is 7.03. The fourth-order valence-electron chi connectivity index (χ4n) is 1.35. The summed E-state index contributed by atoms with van der Waals surface area (Å²) in [6.07, 6.45) is -0.240. The maximum Gasteiger partial charge on any atom is 0.240 e. The van der Waals surface area contributed by atoms with E-state index in [1.54, 1.807) is 6.07 Å². The van der Waals surface area contributed by atoms with E-state index in [0.29, 0.717) is 12.2 Å². The molecule has 20 heavy (non-hydrogen) atoms. The number of nitriles is 1. The van der Waals surface area contributed by atoms with Crippen LogP contribution in [0, 0.1) is 17.2 Å². The van der Waals surface area contributed by atoms with Gasteiger partial charge in [-0.05, 0) is 30.2 Å². The Kier molecular flexibility index (Phi) is 5.67. The highest BCUT2D eigenvalue weighted by Gasteiger charge is 2.14. The van der Waals surface area contributed by atoms with Gasteiger partial charge in [-0.15, -0.1) is 0 Å². The smallest absolute Gasteiger partial charge is 0.240 e. The molecule has 1 rings (SSSR count). The molecule has 0 bridgehead atoms. The molecule has 1 amide bonds. The summed E-state index contributed by atoms with van der Waals surface area (Å²) in [6, 6.07) is 7.52. The maximum atomic E-state index is 11.9. The summed E-state index contributed by atoms with van der Waals surface area (Å²) in [5.41, 5.74) is 0.452. The lowest BCUT2D eigenvalue weighted by Gasteiger charge is -2.09. The number of nitrogens with zero attached hydrogens (tertiary/aromatic N) is 1. The average Bonchev–Trinajstić information content (AvgIpc) is 2.37. The Bertz CT molecular complexity index is 601. The molecule has 1 aromatic rings. The summed E-state index contributed by atoms with van der Waals surface area (Å²) in [7, 11) is -3.53. The van der Waals surface area contributed by atoms with Gasteiger partial charge in [0.2, 0.25) is 15.9 Å². The number of nitrogens with one attached hydrogen (secondary N) is 2. The first kappa shape index (κ1) is 16.1. The Morgan fingerprint density at radius 3 is 2.40 bits per heavy atom. The van der Waals surface area contributed by atoms with Gasteiger partial charge in [-0.1, -0.05) is 13.8 Å². The highest BCUT2D eigenvalue weighted by molar-refractivity contribution is 7.89. The van der Waals surface area contributed by atoms with Crippen molar-refractivity contribution in [2.24, 2.45) is 5.92 Å². The monoisotopic (exact) mass is 295 g/mol. The van der Waals surface area contributed by atoms with Crippen molar-refractivity contribution in [1.82, 2.24) is 4.72 Å². The minimum Gasteiger partial charge on any atom is -0.325 e. The number of hydrogen-bond donors (Lipinski definition) is 2. The molecule has 1 aromatic carbocycles. The molecule has 0 saturated carbocycles. The first-order valence-corrected chi connectivity index (χ1v) is 7.60. The number of carbonyl (C=O) groups excluding carboxylic acids is 1. The molecule has 0 aliphatic carbocycles. The van der Waals surface area contributed by atoms with E-state index in [-0.39, 0.29) is 17.2 Å². The Balaban J connectivity index is 2.76. The Hall–Kier alpha value is -1.91. The Morgan fingerprint density at radius 1 is 1.30 bits per heavy atom. The van der Waals surface area contributed by atoms with E-state index in [2.05, 4.69) is 10.0 Å². The minimum atomic E-state index is -3.53. The topological polar surface area (TPSA) is 99.1 Å². The molecule has 0 spiro atoms. The van der Waals surface area contributed by atoms with E-state index in [4.69, 9.17) is 5.26 Å². The third-order valence-electron chi connectivity index (χ3n) is 2.37. The highest BCUT2D eigenvalue weighted by atomic mass is 32.2. The van der Waals surface area contributed by atoms with Crippen LogP contribution < -0.4 is 10.0 Å². The first-order valence-electron chi connectivity index (χ1n) is 6.11. The maximum absolute atomic E-state index is 11.9. The summed E-state index contributed by atoms with van der Waals surface area (Å²) in [6.45, 7) is 4.19. The van der Waals surface area contributed by atoms with Gasteiger partial charge in [0.25, 0.3) is 0 Å². The SMILES string of the molecule is CC(C)CNS(=O)(=O)c1ccc(NC(=O)CC#N)cc1. The Morgan fingerprint density at radius 2 is 1.90 bits per heavy atom. The van der Waals surface area contributed by atoms with Crippen molar-refractivity contribution in [3.63, 3.8) is 0 Å². The summed E-state index contributed by atoms with van der Waals surface area (Å²) in [4.78, 5) is 11.3. The van der Waals surface area contributed by atoms with E-state index >= 15 is 0 Å². The molecule has 0 aromatic heterocycles. The molecule has 0 heterocycles. The van der Waals surface area contributed by atoms with Gasteiger partial charge in [0.15, 0.2) is 0 Å². The molecule has 0 aliphatic rings. The largest absolute Gasteiger partial charge is 0.325 e. The van der Waals surface area contributed by atoms with Crippen molar-refractivity contribution >= 4 is 21.6 Å². The van der Waals surface area contributed by atoms with Gasteiger partial charge in [-0.3, -0.25) is 4.79 Å². The van der Waals surface area contributed by atoms with Crippen molar-refractivity contribution in [3.8, 4) is 6.07 Å². The fourth-order valence-corrected chi connectivity index (χ4v) is 2.57. The number of amides is 1. The van der Waals surface area contributed by atoms with E-state index in [0.717, 1.165) is 0 Å². The van der Waals surface area contributed by atoms with Gasteiger partial charge in [0.05, 0.1) is 11.0 Å². The van der Waals surface area contributed by atoms with Crippen LogP contribution in [-0.4, -0.2) is 20.9 Å². The van der Waals surface area contributed by atoms with Crippen molar-refractivity contribution in [3.05, 3.63) is 24.3 Å². The van der Waals surface area contributed by atoms with Crippen LogP contribution in [-0.2, 0) is 14.8 Å². The zero-order valence-corrected chi connectivity index (χ0v) is 12.2. The summed E-state index contributed by atoms with van der Waals surface area (Å²) in [5, 5.41) is 10.9. The van der Waals surface area contributed by atoms with Crippen LogP contribution in [0.4, 0.5) is 5.69 Å². The normalized spacial score (nSPS) is 11.1. The summed E-state index contributed by atoms with van der Waals surface area (Å²) in [5.74, 6) is -0.213. The summed E-state index contributed by atoms with van der Waals surface area (Å²) < 4.78 is 26.4. The van der Waals surface area contributed by atoms with E-state index in [9.17, 15) is 13.2 Å². The lowest BCUT2D eigenvalue weighted by molar-refractivity contribution is -0.115. The first-order chi connectivity index (χ1) is 9.35. The van der Waals surface area contributed by atoms with Crippen LogP contribution in [0.1, 0.15) is 20.3 Å². The number of sulfonamides is 1. The molecular weight excluding hydrogens is 278 g/mol. The van der Waals surface area contributed by atoms with Crippen molar-refractivity contribution in [2.75, 3.05) is 11.9 Å². The van der Waals surface area contributed by atoms with E-state index < -0.39 is 15.9 Å². The van der Waals surface area contributed by atoms with Crippen LogP contribution in [0.5, 0.6) is 0 Å². The van der Waals surface area contributed by atoms with Gasteiger partial charge in [-0.25, -0.2) is 13.1 Å². The lowest BCUT2D eigenvalue weighted by Crippen LogP contribution is -2.27. The molecule has 0 atom stereocenters. The van der Waals surface area contributed by atoms with Crippen molar-refractivity contribution < 1.29 is 13.2 Å². The molecule has 108 valence electrons. The number of carbonyl (C=O) groups is 1. The number of hydrogen-bond acceptors (Lipinski definition) is 4. The van der Waals surface area contributed by atoms with E-state index in [1.165, 1.54) is 24.3 Å². The molecule has 6 nitrogen and oxygen atoms in total. The third-order valence-corrected chi connectivity index (χ3v) is 3.81. The molecule has 0 aliphatic heterocycles. The van der Waals surface area contributed by atoms with Crippen molar-refractivity contribution in [1.29, 1.82) is 5.26 Å². The standard InChI is InChI=1S/C13H17N3O3S/c1-10(2)9-15-20(18,19)12-5-3-11(4-6-12)16-13(17)7-8-14/h3-6,10,15H,7,9H2,1-2H3,(H,16,17). The zero-order valence-electron chi connectivity index (χ0n) is 11.4. The number of rotatable bonds is 6. The molecule has 0 saturated heterocycles. The molecule has 7 heteroatoms. The fraction of sp³-hybridized carbons (Fsp3) is 0.385. The van der Waals surface area contributed by atoms with Gasteiger partial charge in [0, 0.05) is 12.2 Å². The lowest BCUT2D eigenvalue weighted by atomic mass is 10.2. The van der Waals surface area contributed by atoms with Gasteiger partial charge in [-0.2, -0.15) is 5.26 Å². The van der Waals surface area contributed by atoms with E-state index in [1.807, 2.05) is 13.8 Å². The predicted octanol–water partition coefficient (Wildman–Crippen LogP) is 1.47. The third kappa shape index (κ3) is 4.99. The molecular formula is C13H17N3O3S. The molecule has 0 unspecified atom stereocenters.